The molecule has 0 radical (unpaired) electrons. The zero-order valence-corrected chi connectivity index (χ0v) is 22.2. The molecule has 0 saturated carbocycles. The largest absolute Gasteiger partial charge is 0.496 e. The van der Waals surface area contributed by atoms with Crippen LogP contribution in [0, 0.1) is 11.2 Å². The van der Waals surface area contributed by atoms with Crippen LogP contribution in [-0.2, 0) is 14.9 Å². The first kappa shape index (κ1) is 29.2. The van der Waals surface area contributed by atoms with Crippen LogP contribution in [0.3, 0.4) is 0 Å². The molecule has 214 valence electrons. The smallest absolute Gasteiger partial charge is 0.390 e. The van der Waals surface area contributed by atoms with Gasteiger partial charge < -0.3 is 20.2 Å². The third-order valence-corrected chi connectivity index (χ3v) is 8.80. The lowest BCUT2D eigenvalue weighted by Crippen LogP contribution is -2.56. The molecule has 2 aromatic rings. The minimum absolute atomic E-state index is 0.0397. The fraction of sp³-hybridized carbons (Fsp3) is 0.480. The maximum atomic E-state index is 13.4. The summed E-state index contributed by atoms with van der Waals surface area (Å²) >= 11 is 0. The van der Waals surface area contributed by atoms with E-state index in [1.54, 1.807) is 17.0 Å². The van der Waals surface area contributed by atoms with E-state index in [-0.39, 0.29) is 52.5 Å². The molecule has 1 unspecified atom stereocenters. The van der Waals surface area contributed by atoms with Crippen molar-refractivity contribution in [3.05, 3.63) is 53.3 Å². The Balaban J connectivity index is 1.69. The van der Waals surface area contributed by atoms with Crippen molar-refractivity contribution in [2.75, 3.05) is 64.9 Å². The van der Waals surface area contributed by atoms with E-state index in [4.69, 9.17) is 14.9 Å². The van der Waals surface area contributed by atoms with E-state index in [1.165, 1.54) is 40.0 Å². The van der Waals surface area contributed by atoms with E-state index in [2.05, 4.69) is 5.32 Å². The molecule has 0 amide bonds. The van der Waals surface area contributed by atoms with Gasteiger partial charge in [-0.2, -0.15) is 30.2 Å². The molecule has 0 aliphatic carbocycles. The van der Waals surface area contributed by atoms with Gasteiger partial charge in [0, 0.05) is 68.4 Å². The molecule has 2 heterocycles. The molecule has 9 nitrogen and oxygen atoms in total. The number of piperazine rings is 1. The Bertz CT molecular complexity index is 1250. The van der Waals surface area contributed by atoms with Crippen molar-refractivity contribution in [1.82, 2.24) is 13.5 Å². The Hall–Kier alpha value is -2.78. The monoisotopic (exact) mass is 573 g/mol. The molecule has 2 aliphatic rings. The first-order valence-electron chi connectivity index (χ1n) is 12.4. The number of benzene rings is 2. The molecule has 14 heteroatoms. The number of hydrogen-bond acceptors (Lipinski definition) is 7. The molecule has 2 aliphatic heterocycles. The van der Waals surface area contributed by atoms with Crippen molar-refractivity contribution in [3.8, 4) is 5.75 Å². The highest BCUT2D eigenvalue weighted by atomic mass is 32.2. The average molecular weight is 574 g/mol. The number of hydrogen-bond donors (Lipinski definition) is 2. The van der Waals surface area contributed by atoms with Gasteiger partial charge in [0.2, 0.25) is 0 Å². The average Bonchev–Trinajstić information content (AvgIpc) is 2.93. The zero-order valence-electron chi connectivity index (χ0n) is 21.4. The van der Waals surface area contributed by atoms with Crippen LogP contribution in [-0.4, -0.2) is 93.9 Å². The highest BCUT2D eigenvalue weighted by Gasteiger charge is 2.40. The van der Waals surface area contributed by atoms with Gasteiger partial charge in [-0.25, -0.2) is 4.39 Å². The third-order valence-electron chi connectivity index (χ3n) is 6.80. The summed E-state index contributed by atoms with van der Waals surface area (Å²) in [7, 11) is -2.46. The Morgan fingerprint density at radius 2 is 1.79 bits per heavy atom. The van der Waals surface area contributed by atoms with Crippen LogP contribution in [0.2, 0.25) is 0 Å². The minimum atomic E-state index is -4.38. The second kappa shape index (κ2) is 12.2. The van der Waals surface area contributed by atoms with Gasteiger partial charge in [-0.1, -0.05) is 0 Å². The van der Waals surface area contributed by atoms with Gasteiger partial charge >= 0.3 is 6.18 Å². The van der Waals surface area contributed by atoms with E-state index in [9.17, 15) is 26.0 Å². The summed E-state index contributed by atoms with van der Waals surface area (Å²) in [5.74, 6) is -0.0913. The van der Waals surface area contributed by atoms with Crippen LogP contribution in [0.5, 0.6) is 5.75 Å². The molecular formula is C25H31F4N5O4S. The Labute approximate surface area is 225 Å². The second-order valence-corrected chi connectivity index (χ2v) is 11.2. The summed E-state index contributed by atoms with van der Waals surface area (Å²) in [5.41, 5.74) is 1.89. The lowest BCUT2D eigenvalue weighted by atomic mass is 9.98. The van der Waals surface area contributed by atoms with Crippen LogP contribution >= 0.6 is 0 Å². The Morgan fingerprint density at radius 3 is 2.41 bits per heavy atom. The van der Waals surface area contributed by atoms with Gasteiger partial charge in [0.05, 0.1) is 38.5 Å². The molecule has 2 saturated heterocycles. The third kappa shape index (κ3) is 7.06. The molecule has 4 rings (SSSR count). The standard InChI is InChI=1S/C25H31F4N5O4S/c1-37-24-15-22(31-20-4-2-19(26)3-5-20)18(16-30)14-21(24)23-17-34(9-8-32(23)7-6-25(27,28)29)39(35,36)33-10-12-38-13-11-33/h2-5,14-16,23,30-31H,6-13,17H2,1H3. The minimum Gasteiger partial charge on any atom is -0.496 e. The van der Waals surface area contributed by atoms with E-state index >= 15 is 0 Å². The first-order valence-corrected chi connectivity index (χ1v) is 13.8. The Morgan fingerprint density at radius 1 is 1.10 bits per heavy atom. The zero-order chi connectivity index (χ0) is 28.2. The molecule has 2 N–H and O–H groups in total. The number of morpholine rings is 1. The summed E-state index contributed by atoms with van der Waals surface area (Å²) in [4.78, 5) is 1.61. The molecule has 0 aromatic heterocycles. The predicted octanol–water partition coefficient (Wildman–Crippen LogP) is 3.76. The number of nitrogens with one attached hydrogen (secondary N) is 2. The molecule has 39 heavy (non-hydrogen) atoms. The second-order valence-electron chi connectivity index (χ2n) is 9.25. The summed E-state index contributed by atoms with van der Waals surface area (Å²) in [5, 5.41) is 11.1. The van der Waals surface area contributed by atoms with Crippen molar-refractivity contribution in [2.24, 2.45) is 0 Å². The van der Waals surface area contributed by atoms with Crippen LogP contribution in [0.4, 0.5) is 28.9 Å². The topological polar surface area (TPSA) is 98.2 Å². The fourth-order valence-corrected chi connectivity index (χ4v) is 6.33. The quantitative estimate of drug-likeness (QED) is 0.350. The fourth-order valence-electron chi connectivity index (χ4n) is 4.75. The number of alkyl halides is 3. The van der Waals surface area contributed by atoms with Crippen molar-refractivity contribution in [1.29, 1.82) is 5.41 Å². The number of methoxy groups -OCH3 is 1. The highest BCUT2D eigenvalue weighted by Crippen LogP contribution is 2.38. The first-order chi connectivity index (χ1) is 18.5. The maximum absolute atomic E-state index is 13.4. The molecule has 2 aromatic carbocycles. The van der Waals surface area contributed by atoms with Gasteiger partial charge in [0.15, 0.2) is 0 Å². The summed E-state index contributed by atoms with van der Waals surface area (Å²) < 4.78 is 93.1. The van der Waals surface area contributed by atoms with Crippen molar-refractivity contribution in [3.63, 3.8) is 0 Å². The number of halogens is 4. The SMILES string of the molecule is COc1cc(Nc2ccc(F)cc2)c(C=N)cc1C1CN(S(=O)(=O)N2CCOCC2)CCN1CCC(F)(F)F. The van der Waals surface area contributed by atoms with E-state index in [1.807, 2.05) is 0 Å². The number of ether oxygens (including phenoxy) is 2. The van der Waals surface area contributed by atoms with Crippen molar-refractivity contribution in [2.45, 2.75) is 18.6 Å². The molecule has 2 fully saturated rings. The Kier molecular flexibility index (Phi) is 9.11. The van der Waals surface area contributed by atoms with Crippen LogP contribution in [0.1, 0.15) is 23.6 Å². The summed E-state index contributed by atoms with van der Waals surface area (Å²) in [6.45, 7) is 0.661. The van der Waals surface area contributed by atoms with Crippen molar-refractivity contribution < 1.29 is 35.5 Å². The molecule has 0 bridgehead atoms. The molecule has 0 spiro atoms. The molecule has 1 atom stereocenters. The van der Waals surface area contributed by atoms with Crippen LogP contribution in [0.25, 0.3) is 0 Å². The van der Waals surface area contributed by atoms with Crippen LogP contribution < -0.4 is 10.1 Å². The lowest BCUT2D eigenvalue weighted by molar-refractivity contribution is -0.140. The summed E-state index contributed by atoms with van der Waals surface area (Å²) in [6.07, 6.45) is -4.35. The van der Waals surface area contributed by atoms with E-state index in [0.29, 0.717) is 28.3 Å². The van der Waals surface area contributed by atoms with Gasteiger partial charge in [-0.3, -0.25) is 4.90 Å². The van der Waals surface area contributed by atoms with Gasteiger partial charge in [0.1, 0.15) is 11.6 Å². The van der Waals surface area contributed by atoms with Crippen LogP contribution in [0.15, 0.2) is 36.4 Å². The van der Waals surface area contributed by atoms with E-state index < -0.39 is 34.7 Å². The predicted molar refractivity (Wildman–Crippen MR) is 138 cm³/mol. The molecular weight excluding hydrogens is 542 g/mol. The maximum Gasteiger partial charge on any atom is 0.390 e. The van der Waals surface area contributed by atoms with Gasteiger partial charge in [-0.05, 0) is 30.3 Å². The number of rotatable bonds is 9. The summed E-state index contributed by atoms with van der Waals surface area (Å²) in [6, 6.07) is 8.08. The number of anilines is 2. The highest BCUT2D eigenvalue weighted by molar-refractivity contribution is 7.86. The van der Waals surface area contributed by atoms with E-state index in [0.717, 1.165) is 6.21 Å². The van der Waals surface area contributed by atoms with Gasteiger partial charge in [0.25, 0.3) is 10.2 Å². The number of nitrogens with zero attached hydrogens (tertiary/aromatic N) is 3. The van der Waals surface area contributed by atoms with Crippen molar-refractivity contribution >= 4 is 27.8 Å². The lowest BCUT2D eigenvalue weighted by Gasteiger charge is -2.43. The van der Waals surface area contributed by atoms with Gasteiger partial charge in [-0.15, -0.1) is 0 Å². The normalized spacial score (nSPS) is 20.1.